The van der Waals surface area contributed by atoms with Crippen LogP contribution in [0.5, 0.6) is 0 Å². The van der Waals surface area contributed by atoms with Gasteiger partial charge in [0.15, 0.2) is 5.17 Å². The van der Waals surface area contributed by atoms with Crippen molar-refractivity contribution < 1.29 is 9.53 Å². The van der Waals surface area contributed by atoms with Crippen LogP contribution in [0.4, 0.5) is 5.69 Å². The van der Waals surface area contributed by atoms with Crippen molar-refractivity contribution in [2.45, 2.75) is 44.6 Å². The summed E-state index contributed by atoms with van der Waals surface area (Å²) < 4.78 is 5.55. The molecule has 1 aliphatic rings. The molecule has 0 aliphatic carbocycles. The Bertz CT molecular complexity index is 832. The Balaban J connectivity index is 1.73. The number of halogens is 1. The molecular formula is C22H25ClN2O2S. The molecular weight excluding hydrogens is 392 g/mol. The molecule has 2 aromatic rings. The highest BCUT2D eigenvalue weighted by Crippen LogP contribution is 2.33. The number of hydrogen-bond donors (Lipinski definition) is 0. The molecule has 1 fully saturated rings. The highest BCUT2D eigenvalue weighted by Gasteiger charge is 2.35. The molecule has 1 unspecified atom stereocenters. The van der Waals surface area contributed by atoms with Crippen molar-refractivity contribution in [3.8, 4) is 0 Å². The first kappa shape index (κ1) is 20.7. The number of amidine groups is 1. The standard InChI is InChI=1S/C22H25ClN2O2S/c1-22(2,3)25-14-13-19(20(26)27-15-16-7-5-4-6-8-16)28-21(25)24-18-11-9-17(23)10-12-18/h4-12,19H,13-15H2,1-3H3. The highest BCUT2D eigenvalue weighted by atomic mass is 35.5. The Morgan fingerprint density at radius 2 is 1.86 bits per heavy atom. The van der Waals surface area contributed by atoms with Crippen LogP contribution in [0.15, 0.2) is 59.6 Å². The van der Waals surface area contributed by atoms with Gasteiger partial charge in [0.25, 0.3) is 0 Å². The first-order valence-corrected chi connectivity index (χ1v) is 10.6. The van der Waals surface area contributed by atoms with Gasteiger partial charge in [-0.2, -0.15) is 0 Å². The zero-order valence-electron chi connectivity index (χ0n) is 16.4. The molecule has 0 N–H and O–H groups in total. The molecule has 0 bridgehead atoms. The van der Waals surface area contributed by atoms with Gasteiger partial charge in [-0.05, 0) is 57.0 Å². The minimum Gasteiger partial charge on any atom is -0.460 e. The number of ether oxygens (including phenoxy) is 1. The van der Waals surface area contributed by atoms with Crippen molar-refractivity contribution in [3.05, 3.63) is 65.2 Å². The van der Waals surface area contributed by atoms with Crippen LogP contribution in [-0.2, 0) is 16.1 Å². The zero-order chi connectivity index (χ0) is 20.1. The fourth-order valence-electron chi connectivity index (χ4n) is 2.91. The highest BCUT2D eigenvalue weighted by molar-refractivity contribution is 8.14. The van der Waals surface area contributed by atoms with E-state index < -0.39 is 0 Å². The normalized spacial score (nSPS) is 18.9. The van der Waals surface area contributed by atoms with Gasteiger partial charge in [-0.1, -0.05) is 53.7 Å². The fraction of sp³-hybridized carbons (Fsp3) is 0.364. The lowest BCUT2D eigenvalue weighted by atomic mass is 10.1. The lowest BCUT2D eigenvalue weighted by Gasteiger charge is -2.42. The molecule has 1 saturated heterocycles. The second-order valence-electron chi connectivity index (χ2n) is 7.68. The van der Waals surface area contributed by atoms with E-state index in [9.17, 15) is 4.79 Å². The van der Waals surface area contributed by atoms with E-state index in [0.717, 1.165) is 29.4 Å². The van der Waals surface area contributed by atoms with Gasteiger partial charge in [-0.3, -0.25) is 4.79 Å². The summed E-state index contributed by atoms with van der Waals surface area (Å²) in [5, 5.41) is 1.26. The molecule has 3 rings (SSSR count). The Morgan fingerprint density at radius 1 is 1.18 bits per heavy atom. The third-order valence-electron chi connectivity index (χ3n) is 4.44. The van der Waals surface area contributed by atoms with Gasteiger partial charge in [-0.25, -0.2) is 4.99 Å². The van der Waals surface area contributed by atoms with E-state index in [-0.39, 0.29) is 16.8 Å². The van der Waals surface area contributed by atoms with Gasteiger partial charge in [0.05, 0.1) is 5.69 Å². The number of hydrogen-bond acceptors (Lipinski definition) is 4. The molecule has 0 radical (unpaired) electrons. The Kier molecular flexibility index (Phi) is 6.68. The number of carbonyl (C=O) groups is 1. The molecule has 28 heavy (non-hydrogen) atoms. The molecule has 0 spiro atoms. The van der Waals surface area contributed by atoms with Crippen molar-refractivity contribution in [3.63, 3.8) is 0 Å². The van der Waals surface area contributed by atoms with Crippen LogP contribution in [0.1, 0.15) is 32.8 Å². The van der Waals surface area contributed by atoms with Crippen LogP contribution in [0.25, 0.3) is 0 Å². The first-order valence-electron chi connectivity index (χ1n) is 9.32. The van der Waals surface area contributed by atoms with Gasteiger partial charge < -0.3 is 9.64 Å². The van der Waals surface area contributed by atoms with Crippen molar-refractivity contribution in [1.29, 1.82) is 0 Å². The van der Waals surface area contributed by atoms with Crippen molar-refractivity contribution >= 4 is 40.2 Å². The first-order chi connectivity index (χ1) is 13.3. The molecule has 0 amide bonds. The van der Waals surface area contributed by atoms with Gasteiger partial charge in [0.1, 0.15) is 11.9 Å². The van der Waals surface area contributed by atoms with Crippen molar-refractivity contribution in [2.75, 3.05) is 6.54 Å². The van der Waals surface area contributed by atoms with E-state index in [4.69, 9.17) is 21.3 Å². The number of thioether (sulfide) groups is 1. The number of nitrogens with zero attached hydrogens (tertiary/aromatic N) is 2. The Morgan fingerprint density at radius 3 is 2.50 bits per heavy atom. The average Bonchev–Trinajstić information content (AvgIpc) is 2.68. The third-order valence-corrected chi connectivity index (χ3v) is 5.93. The van der Waals surface area contributed by atoms with E-state index in [1.807, 2.05) is 54.6 Å². The van der Waals surface area contributed by atoms with E-state index in [0.29, 0.717) is 11.6 Å². The van der Waals surface area contributed by atoms with Crippen LogP contribution >= 0.6 is 23.4 Å². The lowest BCUT2D eigenvalue weighted by Crippen LogP contribution is -2.49. The van der Waals surface area contributed by atoms with Gasteiger partial charge in [0.2, 0.25) is 0 Å². The minimum absolute atomic E-state index is 0.0861. The maximum atomic E-state index is 12.6. The Labute approximate surface area is 175 Å². The summed E-state index contributed by atoms with van der Waals surface area (Å²) in [4.78, 5) is 19.7. The van der Waals surface area contributed by atoms with E-state index in [1.54, 1.807) is 0 Å². The predicted octanol–water partition coefficient (Wildman–Crippen LogP) is 5.68. The third kappa shape index (κ3) is 5.52. The number of rotatable bonds is 4. The quantitative estimate of drug-likeness (QED) is 0.601. The second kappa shape index (κ2) is 9.01. The summed E-state index contributed by atoms with van der Waals surface area (Å²) in [6, 6.07) is 17.1. The summed E-state index contributed by atoms with van der Waals surface area (Å²) >= 11 is 7.46. The largest absolute Gasteiger partial charge is 0.460 e. The fourth-order valence-corrected chi connectivity index (χ4v) is 4.33. The summed E-state index contributed by atoms with van der Waals surface area (Å²) in [5.41, 5.74) is 1.72. The van der Waals surface area contributed by atoms with E-state index in [1.165, 1.54) is 11.8 Å². The number of esters is 1. The topological polar surface area (TPSA) is 41.9 Å². The summed E-state index contributed by atoms with van der Waals surface area (Å²) in [6.45, 7) is 7.51. The van der Waals surface area contributed by atoms with Crippen molar-refractivity contribution in [2.24, 2.45) is 4.99 Å². The van der Waals surface area contributed by atoms with Crippen molar-refractivity contribution in [1.82, 2.24) is 4.90 Å². The SMILES string of the molecule is CC(C)(C)N1CCC(C(=O)OCc2ccccc2)SC1=Nc1ccc(Cl)cc1. The summed E-state index contributed by atoms with van der Waals surface area (Å²) in [6.07, 6.45) is 0.731. The molecule has 6 heteroatoms. The maximum Gasteiger partial charge on any atom is 0.319 e. The van der Waals surface area contributed by atoms with Crippen LogP contribution in [-0.4, -0.2) is 33.4 Å². The van der Waals surface area contributed by atoms with Crippen LogP contribution in [0, 0.1) is 0 Å². The predicted molar refractivity (Wildman–Crippen MR) is 117 cm³/mol. The second-order valence-corrected chi connectivity index (χ2v) is 9.29. The summed E-state index contributed by atoms with van der Waals surface area (Å²) in [5.74, 6) is -0.189. The molecule has 1 heterocycles. The molecule has 1 atom stereocenters. The minimum atomic E-state index is -0.256. The molecule has 4 nitrogen and oxygen atoms in total. The average molecular weight is 417 g/mol. The van der Waals surface area contributed by atoms with E-state index in [2.05, 4.69) is 25.7 Å². The summed E-state index contributed by atoms with van der Waals surface area (Å²) in [7, 11) is 0. The lowest BCUT2D eigenvalue weighted by molar-refractivity contribution is -0.144. The molecule has 1 aliphatic heterocycles. The molecule has 2 aromatic carbocycles. The number of benzene rings is 2. The molecule has 0 aromatic heterocycles. The molecule has 0 saturated carbocycles. The van der Waals surface area contributed by atoms with Crippen LogP contribution < -0.4 is 0 Å². The van der Waals surface area contributed by atoms with Crippen LogP contribution in [0.3, 0.4) is 0 Å². The van der Waals surface area contributed by atoms with E-state index >= 15 is 0 Å². The van der Waals surface area contributed by atoms with Gasteiger partial charge in [0, 0.05) is 17.1 Å². The molecule has 148 valence electrons. The van der Waals surface area contributed by atoms with Crippen LogP contribution in [0.2, 0.25) is 5.02 Å². The number of aliphatic imine (C=N–C) groups is 1. The monoisotopic (exact) mass is 416 g/mol. The maximum absolute atomic E-state index is 12.6. The van der Waals surface area contributed by atoms with Gasteiger partial charge in [-0.15, -0.1) is 0 Å². The van der Waals surface area contributed by atoms with Gasteiger partial charge >= 0.3 is 5.97 Å². The Hall–Kier alpha value is -1.98. The smallest absolute Gasteiger partial charge is 0.319 e. The number of carbonyl (C=O) groups excluding carboxylic acids is 1. The zero-order valence-corrected chi connectivity index (χ0v) is 18.0.